The average Bonchev–Trinajstić information content (AvgIpc) is 2.42. The van der Waals surface area contributed by atoms with Crippen molar-refractivity contribution in [3.05, 3.63) is 0 Å². The normalized spacial score (nSPS) is 31.0. The van der Waals surface area contributed by atoms with E-state index in [0.29, 0.717) is 17.9 Å². The molecular weight excluding hydrogens is 236 g/mol. The first-order valence-corrected chi connectivity index (χ1v) is 8.18. The summed E-state index contributed by atoms with van der Waals surface area (Å²) in [6.07, 6.45) is 9.12. The molecule has 3 atom stereocenters. The molecule has 2 fully saturated rings. The number of amides is 1. The van der Waals surface area contributed by atoms with Gasteiger partial charge in [0, 0.05) is 25.0 Å². The molecule has 0 aromatic heterocycles. The molecule has 2 aliphatic rings. The van der Waals surface area contributed by atoms with Crippen molar-refractivity contribution in [3.8, 4) is 0 Å². The van der Waals surface area contributed by atoms with Gasteiger partial charge >= 0.3 is 0 Å². The van der Waals surface area contributed by atoms with E-state index in [1.807, 2.05) is 0 Å². The molecule has 2 rings (SSSR count). The van der Waals surface area contributed by atoms with Gasteiger partial charge in [0.2, 0.25) is 5.91 Å². The molecule has 0 aromatic rings. The molecule has 1 amide bonds. The summed E-state index contributed by atoms with van der Waals surface area (Å²) in [5.41, 5.74) is 0. The molecule has 0 aliphatic heterocycles. The summed E-state index contributed by atoms with van der Waals surface area (Å²) in [7, 11) is 0. The fraction of sp³-hybridized carbons (Fsp3) is 0.938. The lowest BCUT2D eigenvalue weighted by molar-refractivity contribution is -0.127. The van der Waals surface area contributed by atoms with Crippen LogP contribution in [0.3, 0.4) is 0 Å². The van der Waals surface area contributed by atoms with Gasteiger partial charge in [-0.3, -0.25) is 4.79 Å². The summed E-state index contributed by atoms with van der Waals surface area (Å²) < 4.78 is 0. The van der Waals surface area contributed by atoms with Gasteiger partial charge in [-0.2, -0.15) is 0 Å². The van der Waals surface area contributed by atoms with Crippen molar-refractivity contribution in [1.82, 2.24) is 10.6 Å². The predicted octanol–water partition coefficient (Wildman–Crippen LogP) is 2.71. The van der Waals surface area contributed by atoms with Gasteiger partial charge in [0.05, 0.1) is 0 Å². The largest absolute Gasteiger partial charge is 0.355 e. The maximum absolute atomic E-state index is 12.2. The molecular formula is C16H30N2O. The maximum atomic E-state index is 12.2. The fourth-order valence-corrected chi connectivity index (χ4v) is 3.80. The highest BCUT2D eigenvalue weighted by Crippen LogP contribution is 2.42. The van der Waals surface area contributed by atoms with Crippen LogP contribution in [0.4, 0.5) is 0 Å². The van der Waals surface area contributed by atoms with E-state index in [2.05, 4.69) is 24.5 Å². The molecule has 0 aromatic carbocycles. The van der Waals surface area contributed by atoms with Crippen LogP contribution in [-0.4, -0.2) is 25.0 Å². The van der Waals surface area contributed by atoms with Crippen LogP contribution in [0.5, 0.6) is 0 Å². The Morgan fingerprint density at radius 1 is 1.05 bits per heavy atom. The number of nitrogens with one attached hydrogen (secondary N) is 2. The van der Waals surface area contributed by atoms with E-state index in [0.717, 1.165) is 37.8 Å². The van der Waals surface area contributed by atoms with Crippen molar-refractivity contribution in [2.24, 2.45) is 17.8 Å². The Morgan fingerprint density at radius 2 is 1.79 bits per heavy atom. The second-order valence-corrected chi connectivity index (χ2v) is 6.71. The van der Waals surface area contributed by atoms with Crippen LogP contribution in [0.2, 0.25) is 0 Å². The zero-order valence-corrected chi connectivity index (χ0v) is 12.6. The van der Waals surface area contributed by atoms with E-state index in [1.54, 1.807) is 0 Å². The second-order valence-electron chi connectivity index (χ2n) is 6.71. The summed E-state index contributed by atoms with van der Waals surface area (Å²) in [5, 5.41) is 6.44. The second kappa shape index (κ2) is 7.28. The third kappa shape index (κ3) is 4.48. The zero-order chi connectivity index (χ0) is 13.7. The van der Waals surface area contributed by atoms with Crippen LogP contribution in [0.15, 0.2) is 0 Å². The van der Waals surface area contributed by atoms with Gasteiger partial charge in [-0.15, -0.1) is 0 Å². The number of hydrogen-bond donors (Lipinski definition) is 2. The van der Waals surface area contributed by atoms with Gasteiger partial charge in [0.1, 0.15) is 0 Å². The quantitative estimate of drug-likeness (QED) is 0.751. The van der Waals surface area contributed by atoms with Crippen LogP contribution in [0.25, 0.3) is 0 Å². The first-order chi connectivity index (χ1) is 9.16. The van der Waals surface area contributed by atoms with Gasteiger partial charge in [-0.05, 0) is 31.1 Å². The van der Waals surface area contributed by atoms with Crippen LogP contribution in [0, 0.1) is 17.8 Å². The van der Waals surface area contributed by atoms with E-state index >= 15 is 0 Å². The summed E-state index contributed by atoms with van der Waals surface area (Å²) in [4.78, 5) is 12.2. The molecule has 2 N–H and O–H groups in total. The molecule has 110 valence electrons. The number of carbonyl (C=O) groups is 1. The smallest absolute Gasteiger partial charge is 0.223 e. The standard InChI is InChI=1S/C16H30N2O/c1-12(2)17-9-10-18-16(19)15-8-7-13-5-3-4-6-14(13)11-15/h12-15,17H,3-11H2,1-2H3,(H,18,19). The van der Waals surface area contributed by atoms with Crippen molar-refractivity contribution < 1.29 is 4.79 Å². The fourth-order valence-electron chi connectivity index (χ4n) is 3.80. The van der Waals surface area contributed by atoms with E-state index in [1.165, 1.54) is 32.1 Å². The Kier molecular flexibility index (Phi) is 5.68. The topological polar surface area (TPSA) is 41.1 Å². The van der Waals surface area contributed by atoms with Gasteiger partial charge in [0.25, 0.3) is 0 Å². The molecule has 0 radical (unpaired) electrons. The molecule has 2 saturated carbocycles. The molecule has 19 heavy (non-hydrogen) atoms. The third-order valence-electron chi connectivity index (χ3n) is 4.89. The molecule has 0 saturated heterocycles. The third-order valence-corrected chi connectivity index (χ3v) is 4.89. The summed E-state index contributed by atoms with van der Waals surface area (Å²) >= 11 is 0. The van der Waals surface area contributed by atoms with Crippen molar-refractivity contribution in [3.63, 3.8) is 0 Å². The molecule has 3 heteroatoms. The Bertz CT molecular complexity index is 290. The van der Waals surface area contributed by atoms with Crippen LogP contribution >= 0.6 is 0 Å². The predicted molar refractivity (Wildman–Crippen MR) is 78.9 cm³/mol. The van der Waals surface area contributed by atoms with Gasteiger partial charge in [0.15, 0.2) is 0 Å². The molecule has 3 nitrogen and oxygen atoms in total. The highest BCUT2D eigenvalue weighted by Gasteiger charge is 2.34. The van der Waals surface area contributed by atoms with Crippen LogP contribution in [-0.2, 0) is 4.79 Å². The van der Waals surface area contributed by atoms with Gasteiger partial charge in [-0.25, -0.2) is 0 Å². The van der Waals surface area contributed by atoms with Gasteiger partial charge in [-0.1, -0.05) is 39.5 Å². The van der Waals surface area contributed by atoms with Crippen LogP contribution < -0.4 is 10.6 Å². The van der Waals surface area contributed by atoms with E-state index in [-0.39, 0.29) is 0 Å². The van der Waals surface area contributed by atoms with E-state index in [4.69, 9.17) is 0 Å². The van der Waals surface area contributed by atoms with Gasteiger partial charge < -0.3 is 10.6 Å². The first kappa shape index (κ1) is 14.8. The average molecular weight is 266 g/mol. The molecule has 0 heterocycles. The first-order valence-electron chi connectivity index (χ1n) is 8.18. The van der Waals surface area contributed by atoms with Crippen molar-refractivity contribution in [1.29, 1.82) is 0 Å². The number of fused-ring (bicyclic) bond motifs is 1. The monoisotopic (exact) mass is 266 g/mol. The Hall–Kier alpha value is -0.570. The number of hydrogen-bond acceptors (Lipinski definition) is 2. The van der Waals surface area contributed by atoms with E-state index < -0.39 is 0 Å². The van der Waals surface area contributed by atoms with Crippen molar-refractivity contribution in [2.45, 2.75) is 64.8 Å². The Balaban J connectivity index is 1.68. The molecule has 2 aliphatic carbocycles. The molecule has 0 spiro atoms. The lowest BCUT2D eigenvalue weighted by Crippen LogP contribution is -2.40. The minimum absolute atomic E-state index is 0.290. The van der Waals surface area contributed by atoms with Crippen LogP contribution in [0.1, 0.15) is 58.8 Å². The van der Waals surface area contributed by atoms with Crippen molar-refractivity contribution in [2.75, 3.05) is 13.1 Å². The minimum atomic E-state index is 0.290. The number of carbonyl (C=O) groups excluding carboxylic acids is 1. The summed E-state index contributed by atoms with van der Waals surface area (Å²) in [6, 6.07) is 0.495. The number of rotatable bonds is 5. The van der Waals surface area contributed by atoms with Crippen molar-refractivity contribution >= 4 is 5.91 Å². The van der Waals surface area contributed by atoms with E-state index in [9.17, 15) is 4.79 Å². The summed E-state index contributed by atoms with van der Waals surface area (Å²) in [6.45, 7) is 5.90. The minimum Gasteiger partial charge on any atom is -0.355 e. The summed E-state index contributed by atoms with van der Waals surface area (Å²) in [5.74, 6) is 2.36. The maximum Gasteiger partial charge on any atom is 0.223 e. The zero-order valence-electron chi connectivity index (χ0n) is 12.6. The Labute approximate surface area is 117 Å². The SMILES string of the molecule is CC(C)NCCNC(=O)C1CCC2CCCCC2C1. The lowest BCUT2D eigenvalue weighted by Gasteiger charge is -2.38. The Morgan fingerprint density at radius 3 is 2.53 bits per heavy atom. The lowest BCUT2D eigenvalue weighted by atomic mass is 9.67. The highest BCUT2D eigenvalue weighted by molar-refractivity contribution is 5.78. The molecule has 0 bridgehead atoms. The highest BCUT2D eigenvalue weighted by atomic mass is 16.1. The molecule has 3 unspecified atom stereocenters.